The zero-order valence-electron chi connectivity index (χ0n) is 10.00. The molecule has 0 spiro atoms. The van der Waals surface area contributed by atoms with Crippen LogP contribution in [0.5, 0.6) is 0 Å². The Morgan fingerprint density at radius 3 is 2.47 bits per heavy atom. The molecule has 3 nitrogen and oxygen atoms in total. The maximum Gasteiger partial charge on any atom is 0.200 e. The quantitative estimate of drug-likeness (QED) is 0.656. The van der Waals surface area contributed by atoms with E-state index in [1.807, 2.05) is 30.3 Å². The standard InChI is InChI=1S/C16H10O3/c17-9-12-7-4-8-13-15(18)14(10-19-16(12)13)11-5-2-1-3-6-11/h1-10H. The predicted molar refractivity (Wildman–Crippen MR) is 73.3 cm³/mol. The van der Waals surface area contributed by atoms with Crippen molar-refractivity contribution in [1.82, 2.24) is 0 Å². The monoisotopic (exact) mass is 250 g/mol. The van der Waals surface area contributed by atoms with Crippen LogP contribution in [0.4, 0.5) is 0 Å². The number of hydrogen-bond acceptors (Lipinski definition) is 3. The fourth-order valence-electron chi connectivity index (χ4n) is 2.09. The molecule has 0 aliphatic heterocycles. The average molecular weight is 250 g/mol. The van der Waals surface area contributed by atoms with Gasteiger partial charge in [0.05, 0.1) is 16.5 Å². The summed E-state index contributed by atoms with van der Waals surface area (Å²) in [6.07, 6.45) is 2.10. The molecule has 0 fully saturated rings. The highest BCUT2D eigenvalue weighted by molar-refractivity contribution is 5.95. The van der Waals surface area contributed by atoms with Gasteiger partial charge in [0.25, 0.3) is 0 Å². The van der Waals surface area contributed by atoms with E-state index < -0.39 is 0 Å². The van der Waals surface area contributed by atoms with Gasteiger partial charge in [0, 0.05) is 0 Å². The van der Waals surface area contributed by atoms with Crippen molar-refractivity contribution in [3.8, 4) is 11.1 Å². The molecule has 92 valence electrons. The van der Waals surface area contributed by atoms with Crippen molar-refractivity contribution in [1.29, 1.82) is 0 Å². The lowest BCUT2D eigenvalue weighted by Gasteiger charge is -2.03. The second kappa shape index (κ2) is 4.53. The van der Waals surface area contributed by atoms with Gasteiger partial charge >= 0.3 is 0 Å². The summed E-state index contributed by atoms with van der Waals surface area (Å²) < 4.78 is 5.47. The van der Waals surface area contributed by atoms with Gasteiger partial charge in [0.2, 0.25) is 5.43 Å². The first-order chi connectivity index (χ1) is 9.31. The van der Waals surface area contributed by atoms with Gasteiger partial charge < -0.3 is 4.42 Å². The van der Waals surface area contributed by atoms with Gasteiger partial charge in [0.15, 0.2) is 6.29 Å². The largest absolute Gasteiger partial charge is 0.463 e. The minimum atomic E-state index is -0.129. The Kier molecular flexibility index (Phi) is 2.72. The fourth-order valence-corrected chi connectivity index (χ4v) is 2.09. The summed E-state index contributed by atoms with van der Waals surface area (Å²) in [5, 5.41) is 0.422. The van der Waals surface area contributed by atoms with Gasteiger partial charge in [-0.15, -0.1) is 0 Å². The molecule has 0 saturated heterocycles. The summed E-state index contributed by atoms with van der Waals surface area (Å²) in [6, 6.07) is 14.3. The third kappa shape index (κ3) is 1.85. The van der Waals surface area contributed by atoms with Gasteiger partial charge in [-0.3, -0.25) is 9.59 Å². The molecule has 3 aromatic rings. The fraction of sp³-hybridized carbons (Fsp3) is 0. The van der Waals surface area contributed by atoms with Gasteiger partial charge in [-0.25, -0.2) is 0 Å². The number of fused-ring (bicyclic) bond motifs is 1. The van der Waals surface area contributed by atoms with Crippen LogP contribution in [0.25, 0.3) is 22.1 Å². The van der Waals surface area contributed by atoms with Crippen LogP contribution in [-0.2, 0) is 0 Å². The molecule has 0 radical (unpaired) electrons. The van der Waals surface area contributed by atoms with E-state index in [-0.39, 0.29) is 5.43 Å². The zero-order chi connectivity index (χ0) is 13.2. The Hall–Kier alpha value is -2.68. The minimum absolute atomic E-state index is 0.129. The van der Waals surface area contributed by atoms with Crippen LogP contribution < -0.4 is 5.43 Å². The number of hydrogen-bond donors (Lipinski definition) is 0. The molecule has 0 unspecified atom stereocenters. The number of carbonyl (C=O) groups excluding carboxylic acids is 1. The van der Waals surface area contributed by atoms with Crippen molar-refractivity contribution in [3.63, 3.8) is 0 Å². The zero-order valence-corrected chi connectivity index (χ0v) is 10.00. The molecular formula is C16H10O3. The van der Waals surface area contributed by atoms with Crippen LogP contribution >= 0.6 is 0 Å². The number of rotatable bonds is 2. The molecule has 3 heteroatoms. The maximum absolute atomic E-state index is 12.4. The van der Waals surface area contributed by atoms with Gasteiger partial charge in [0.1, 0.15) is 11.8 Å². The lowest BCUT2D eigenvalue weighted by Crippen LogP contribution is -2.05. The van der Waals surface area contributed by atoms with Crippen molar-refractivity contribution in [2.75, 3.05) is 0 Å². The first-order valence-corrected chi connectivity index (χ1v) is 5.86. The molecule has 0 N–H and O–H groups in total. The lowest BCUT2D eigenvalue weighted by molar-refractivity contribution is 0.112. The van der Waals surface area contributed by atoms with E-state index in [4.69, 9.17) is 4.42 Å². The van der Waals surface area contributed by atoms with E-state index >= 15 is 0 Å². The van der Waals surface area contributed by atoms with E-state index in [1.165, 1.54) is 6.26 Å². The highest BCUT2D eigenvalue weighted by Crippen LogP contribution is 2.21. The Bertz CT molecular complexity index is 801. The first-order valence-electron chi connectivity index (χ1n) is 5.86. The molecule has 1 heterocycles. The highest BCUT2D eigenvalue weighted by atomic mass is 16.3. The lowest BCUT2D eigenvalue weighted by atomic mass is 10.0. The third-order valence-electron chi connectivity index (χ3n) is 3.04. The summed E-state index contributed by atoms with van der Waals surface area (Å²) in [4.78, 5) is 23.3. The Morgan fingerprint density at radius 2 is 1.74 bits per heavy atom. The molecular weight excluding hydrogens is 240 g/mol. The molecule has 2 aromatic carbocycles. The number of carbonyl (C=O) groups is 1. The summed E-state index contributed by atoms with van der Waals surface area (Å²) in [6.45, 7) is 0. The minimum Gasteiger partial charge on any atom is -0.463 e. The normalized spacial score (nSPS) is 10.5. The van der Waals surface area contributed by atoms with E-state index in [9.17, 15) is 9.59 Å². The molecule has 0 amide bonds. The van der Waals surface area contributed by atoms with Crippen LogP contribution in [0.1, 0.15) is 10.4 Å². The van der Waals surface area contributed by atoms with Crippen LogP contribution in [0, 0.1) is 0 Å². The van der Waals surface area contributed by atoms with E-state index in [1.54, 1.807) is 18.2 Å². The average Bonchev–Trinajstić information content (AvgIpc) is 2.48. The van der Waals surface area contributed by atoms with Crippen molar-refractivity contribution in [2.24, 2.45) is 0 Å². The molecule has 0 aliphatic rings. The SMILES string of the molecule is O=Cc1cccc2c(=O)c(-c3ccccc3)coc12. The van der Waals surface area contributed by atoms with Crippen molar-refractivity contribution in [2.45, 2.75) is 0 Å². The molecule has 19 heavy (non-hydrogen) atoms. The summed E-state index contributed by atoms with van der Waals surface area (Å²) >= 11 is 0. The first kappa shape index (κ1) is 11.4. The Labute approximate surface area is 109 Å². The number of para-hydroxylation sites is 1. The van der Waals surface area contributed by atoms with Gasteiger partial charge in [-0.1, -0.05) is 36.4 Å². The van der Waals surface area contributed by atoms with Crippen molar-refractivity contribution >= 4 is 17.3 Å². The molecule has 0 bridgehead atoms. The topological polar surface area (TPSA) is 47.3 Å². The highest BCUT2D eigenvalue weighted by Gasteiger charge is 2.10. The van der Waals surface area contributed by atoms with Gasteiger partial charge in [-0.05, 0) is 17.7 Å². The van der Waals surface area contributed by atoms with Crippen molar-refractivity contribution < 1.29 is 9.21 Å². The van der Waals surface area contributed by atoms with E-state index in [2.05, 4.69) is 0 Å². The smallest absolute Gasteiger partial charge is 0.200 e. The molecule has 0 aliphatic carbocycles. The molecule has 1 aromatic heterocycles. The maximum atomic E-state index is 12.4. The number of aldehydes is 1. The summed E-state index contributed by atoms with van der Waals surface area (Å²) in [5.41, 5.74) is 1.89. The Balaban J connectivity index is 2.34. The van der Waals surface area contributed by atoms with Gasteiger partial charge in [-0.2, -0.15) is 0 Å². The second-order valence-electron chi connectivity index (χ2n) is 4.19. The second-order valence-corrected chi connectivity index (χ2v) is 4.19. The van der Waals surface area contributed by atoms with Crippen molar-refractivity contribution in [3.05, 3.63) is 70.6 Å². The predicted octanol–water partition coefficient (Wildman–Crippen LogP) is 3.27. The number of benzene rings is 2. The molecule has 0 atom stereocenters. The summed E-state index contributed by atoms with van der Waals surface area (Å²) in [5.74, 6) is 0. The Morgan fingerprint density at radius 1 is 0.947 bits per heavy atom. The van der Waals surface area contributed by atoms with Crippen LogP contribution in [0.3, 0.4) is 0 Å². The van der Waals surface area contributed by atoms with Crippen LogP contribution in [0.15, 0.2) is 64.0 Å². The van der Waals surface area contributed by atoms with E-state index in [0.29, 0.717) is 28.4 Å². The molecule has 0 saturated carbocycles. The third-order valence-corrected chi connectivity index (χ3v) is 3.04. The van der Waals surface area contributed by atoms with Crippen LogP contribution in [0.2, 0.25) is 0 Å². The summed E-state index contributed by atoms with van der Waals surface area (Å²) in [7, 11) is 0. The molecule has 3 rings (SSSR count). The van der Waals surface area contributed by atoms with E-state index in [0.717, 1.165) is 5.56 Å². The van der Waals surface area contributed by atoms with Crippen LogP contribution in [-0.4, -0.2) is 6.29 Å².